The number of hydrogen-bond donors (Lipinski definition) is 1. The van der Waals surface area contributed by atoms with Gasteiger partial charge >= 0.3 is 12.0 Å². The minimum absolute atomic E-state index is 0.00981. The normalized spacial score (nSPS) is 13.3. The van der Waals surface area contributed by atoms with Gasteiger partial charge in [-0.15, -0.1) is 0 Å². The Balaban J connectivity index is 1.56. The van der Waals surface area contributed by atoms with Gasteiger partial charge in [0.1, 0.15) is 0 Å². The van der Waals surface area contributed by atoms with E-state index in [2.05, 4.69) is 10.3 Å². The SMILES string of the molecule is COc1cc2ncn(CCCC(=O)OCC(=O)N3CCNC3=O)c(=O)c2cc1OC. The van der Waals surface area contributed by atoms with Crippen molar-refractivity contribution < 1.29 is 28.6 Å². The third kappa shape index (κ3) is 4.50. The highest BCUT2D eigenvalue weighted by Gasteiger charge is 2.26. The molecule has 160 valence electrons. The largest absolute Gasteiger partial charge is 0.493 e. The van der Waals surface area contributed by atoms with Crippen LogP contribution in [0, 0.1) is 0 Å². The Morgan fingerprint density at radius 2 is 1.90 bits per heavy atom. The van der Waals surface area contributed by atoms with Crippen molar-refractivity contribution in [3.63, 3.8) is 0 Å². The summed E-state index contributed by atoms with van der Waals surface area (Å²) in [5.41, 5.74) is 0.197. The number of carbonyl (C=O) groups is 3. The summed E-state index contributed by atoms with van der Waals surface area (Å²) in [6.45, 7) is 0.383. The summed E-state index contributed by atoms with van der Waals surface area (Å²) in [7, 11) is 2.97. The van der Waals surface area contributed by atoms with Gasteiger partial charge in [-0.2, -0.15) is 0 Å². The van der Waals surface area contributed by atoms with Gasteiger partial charge in [0.05, 0.1) is 31.4 Å². The first-order chi connectivity index (χ1) is 14.4. The summed E-state index contributed by atoms with van der Waals surface area (Å²) in [5, 5.41) is 2.86. The van der Waals surface area contributed by atoms with Crippen LogP contribution in [0.3, 0.4) is 0 Å². The molecular formula is C19H22N4O7. The quantitative estimate of drug-likeness (QED) is 0.606. The zero-order valence-electron chi connectivity index (χ0n) is 16.7. The Hall–Kier alpha value is -3.63. The highest BCUT2D eigenvalue weighted by Crippen LogP contribution is 2.29. The van der Waals surface area contributed by atoms with Crippen molar-refractivity contribution in [2.24, 2.45) is 0 Å². The molecule has 1 aromatic carbocycles. The second kappa shape index (κ2) is 9.25. The predicted octanol–water partition coefficient (Wildman–Crippen LogP) is 0.289. The summed E-state index contributed by atoms with van der Waals surface area (Å²) in [5.74, 6) is -0.270. The fourth-order valence-corrected chi connectivity index (χ4v) is 3.04. The number of fused-ring (bicyclic) bond motifs is 1. The van der Waals surface area contributed by atoms with Crippen molar-refractivity contribution in [2.75, 3.05) is 33.9 Å². The Labute approximate surface area is 171 Å². The van der Waals surface area contributed by atoms with E-state index in [1.807, 2.05) is 0 Å². The van der Waals surface area contributed by atoms with Crippen molar-refractivity contribution in [3.05, 3.63) is 28.8 Å². The molecule has 0 bridgehead atoms. The van der Waals surface area contributed by atoms with E-state index in [9.17, 15) is 19.2 Å². The van der Waals surface area contributed by atoms with Gasteiger partial charge in [0, 0.05) is 32.1 Å². The molecule has 1 aliphatic heterocycles. The molecule has 2 aromatic rings. The Morgan fingerprint density at radius 1 is 1.17 bits per heavy atom. The number of aryl methyl sites for hydroxylation is 1. The van der Waals surface area contributed by atoms with E-state index < -0.39 is 24.5 Å². The number of urea groups is 1. The molecule has 30 heavy (non-hydrogen) atoms. The number of ether oxygens (including phenoxy) is 3. The maximum absolute atomic E-state index is 12.7. The fraction of sp³-hybridized carbons (Fsp3) is 0.421. The first kappa shape index (κ1) is 21.1. The summed E-state index contributed by atoms with van der Waals surface area (Å²) < 4.78 is 16.7. The summed E-state index contributed by atoms with van der Waals surface area (Å²) in [4.78, 5) is 53.0. The van der Waals surface area contributed by atoms with Gasteiger partial charge in [0.15, 0.2) is 18.1 Å². The molecule has 3 amide bonds. The zero-order valence-corrected chi connectivity index (χ0v) is 16.7. The molecule has 1 aromatic heterocycles. The molecule has 3 rings (SSSR count). The van der Waals surface area contributed by atoms with E-state index in [0.29, 0.717) is 35.4 Å². The van der Waals surface area contributed by atoms with Crippen LogP contribution in [0.1, 0.15) is 12.8 Å². The van der Waals surface area contributed by atoms with E-state index >= 15 is 0 Å². The number of esters is 1. The lowest BCUT2D eigenvalue weighted by Crippen LogP contribution is -2.37. The number of nitrogens with zero attached hydrogens (tertiary/aromatic N) is 3. The van der Waals surface area contributed by atoms with Crippen molar-refractivity contribution >= 4 is 28.8 Å². The molecule has 1 fully saturated rings. The highest BCUT2D eigenvalue weighted by molar-refractivity contribution is 5.96. The lowest BCUT2D eigenvalue weighted by atomic mass is 10.2. The summed E-state index contributed by atoms with van der Waals surface area (Å²) in [6.07, 6.45) is 1.73. The van der Waals surface area contributed by atoms with Crippen LogP contribution in [0.4, 0.5) is 4.79 Å². The van der Waals surface area contributed by atoms with Crippen molar-refractivity contribution in [1.29, 1.82) is 0 Å². The second-order valence-electron chi connectivity index (χ2n) is 6.51. The molecule has 0 aliphatic carbocycles. The van der Waals surface area contributed by atoms with E-state index in [0.717, 1.165) is 4.90 Å². The van der Waals surface area contributed by atoms with Gasteiger partial charge in [-0.25, -0.2) is 9.78 Å². The molecule has 0 unspecified atom stereocenters. The molecule has 1 saturated heterocycles. The Kier molecular flexibility index (Phi) is 6.50. The van der Waals surface area contributed by atoms with Crippen LogP contribution in [-0.2, 0) is 20.9 Å². The lowest BCUT2D eigenvalue weighted by Gasteiger charge is -2.12. The molecule has 11 nitrogen and oxygen atoms in total. The van der Waals surface area contributed by atoms with Gasteiger partial charge in [0.25, 0.3) is 11.5 Å². The molecule has 11 heteroatoms. The third-order valence-electron chi connectivity index (χ3n) is 4.62. The number of nitrogens with one attached hydrogen (secondary N) is 1. The lowest BCUT2D eigenvalue weighted by molar-refractivity contribution is -0.150. The predicted molar refractivity (Wildman–Crippen MR) is 104 cm³/mol. The average Bonchev–Trinajstić information content (AvgIpc) is 3.18. The van der Waals surface area contributed by atoms with Gasteiger partial charge in [-0.05, 0) is 12.5 Å². The van der Waals surface area contributed by atoms with Crippen LogP contribution < -0.4 is 20.3 Å². The number of benzene rings is 1. The van der Waals surface area contributed by atoms with Crippen LogP contribution in [0.25, 0.3) is 10.9 Å². The monoisotopic (exact) mass is 418 g/mol. The van der Waals surface area contributed by atoms with Crippen molar-refractivity contribution in [1.82, 2.24) is 19.8 Å². The maximum Gasteiger partial charge on any atom is 0.324 e. The fourth-order valence-electron chi connectivity index (χ4n) is 3.04. The van der Waals surface area contributed by atoms with E-state index in [4.69, 9.17) is 14.2 Å². The van der Waals surface area contributed by atoms with Crippen molar-refractivity contribution in [3.8, 4) is 11.5 Å². The molecule has 1 N–H and O–H groups in total. The molecule has 0 spiro atoms. The molecular weight excluding hydrogens is 396 g/mol. The number of rotatable bonds is 8. The van der Waals surface area contributed by atoms with Crippen LogP contribution in [-0.4, -0.2) is 66.3 Å². The number of methoxy groups -OCH3 is 2. The molecule has 0 atom stereocenters. The van der Waals surface area contributed by atoms with Crippen molar-refractivity contribution in [2.45, 2.75) is 19.4 Å². The Morgan fingerprint density at radius 3 is 2.57 bits per heavy atom. The third-order valence-corrected chi connectivity index (χ3v) is 4.62. The summed E-state index contributed by atoms with van der Waals surface area (Å²) >= 11 is 0. The first-order valence-electron chi connectivity index (χ1n) is 9.29. The number of amides is 3. The number of imide groups is 1. The molecule has 2 heterocycles. The van der Waals surface area contributed by atoms with E-state index in [1.54, 1.807) is 12.1 Å². The van der Waals surface area contributed by atoms with E-state index in [1.165, 1.54) is 25.1 Å². The van der Waals surface area contributed by atoms with Crippen LogP contribution in [0.5, 0.6) is 11.5 Å². The average molecular weight is 418 g/mol. The molecule has 1 aliphatic rings. The number of hydrogen-bond acceptors (Lipinski definition) is 8. The van der Waals surface area contributed by atoms with Gasteiger partial charge in [-0.1, -0.05) is 0 Å². The van der Waals surface area contributed by atoms with E-state index in [-0.39, 0.29) is 25.1 Å². The molecule has 0 saturated carbocycles. The minimum atomic E-state index is -0.587. The first-order valence-corrected chi connectivity index (χ1v) is 9.29. The second-order valence-corrected chi connectivity index (χ2v) is 6.51. The van der Waals surface area contributed by atoms with Gasteiger partial charge < -0.3 is 19.5 Å². The maximum atomic E-state index is 12.7. The van der Waals surface area contributed by atoms with Crippen LogP contribution in [0.2, 0.25) is 0 Å². The van der Waals surface area contributed by atoms with Crippen LogP contribution in [0.15, 0.2) is 23.3 Å². The zero-order chi connectivity index (χ0) is 21.7. The summed E-state index contributed by atoms with van der Waals surface area (Å²) in [6, 6.07) is 2.69. The number of carbonyl (C=O) groups excluding carboxylic acids is 3. The topological polar surface area (TPSA) is 129 Å². The van der Waals surface area contributed by atoms with Gasteiger partial charge in [-0.3, -0.25) is 23.9 Å². The van der Waals surface area contributed by atoms with Gasteiger partial charge in [0.2, 0.25) is 0 Å². The van der Waals surface area contributed by atoms with Crippen LogP contribution >= 0.6 is 0 Å². The highest BCUT2D eigenvalue weighted by atomic mass is 16.5. The molecule has 0 radical (unpaired) electrons. The standard InChI is InChI=1S/C19H22N4O7/c1-28-14-8-12-13(9-15(14)29-2)21-11-22(18(12)26)6-3-4-17(25)30-10-16(24)23-7-5-20-19(23)27/h8-9,11H,3-7,10H2,1-2H3,(H,20,27). The minimum Gasteiger partial charge on any atom is -0.493 e. The Bertz CT molecular complexity index is 1030. The number of aromatic nitrogens is 2. The smallest absolute Gasteiger partial charge is 0.324 e.